The van der Waals surface area contributed by atoms with E-state index in [0.717, 1.165) is 32.1 Å². The molecule has 0 radical (unpaired) electrons. The Balaban J connectivity index is 1.72. The summed E-state index contributed by atoms with van der Waals surface area (Å²) in [6.45, 7) is 9.30. The highest BCUT2D eigenvalue weighted by atomic mass is 16.2. The molecule has 0 bridgehead atoms. The van der Waals surface area contributed by atoms with Crippen LogP contribution in [0.3, 0.4) is 0 Å². The second kappa shape index (κ2) is 8.14. The summed E-state index contributed by atoms with van der Waals surface area (Å²) in [6, 6.07) is 0.549. The van der Waals surface area contributed by atoms with Crippen LogP contribution in [0, 0.1) is 11.8 Å². The molecule has 1 aliphatic heterocycles. The van der Waals surface area contributed by atoms with E-state index in [4.69, 9.17) is 0 Å². The predicted molar refractivity (Wildman–Crippen MR) is 87.3 cm³/mol. The Labute approximate surface area is 130 Å². The Bertz CT molecular complexity index is 320. The van der Waals surface area contributed by atoms with Crippen LogP contribution in [0.4, 0.5) is 0 Å². The second-order valence-corrected chi connectivity index (χ2v) is 7.28. The lowest BCUT2D eigenvalue weighted by Crippen LogP contribution is -2.45. The van der Waals surface area contributed by atoms with E-state index >= 15 is 0 Å². The minimum Gasteiger partial charge on any atom is -0.338 e. The van der Waals surface area contributed by atoms with Gasteiger partial charge in [0.15, 0.2) is 0 Å². The maximum Gasteiger partial charge on any atom is 0.237 e. The molecule has 2 aliphatic rings. The number of nitrogens with one attached hydrogen (secondary N) is 1. The van der Waals surface area contributed by atoms with Gasteiger partial charge in [0.25, 0.3) is 0 Å². The lowest BCUT2D eigenvalue weighted by molar-refractivity contribution is -0.133. The molecule has 1 N–H and O–H groups in total. The molecule has 1 amide bonds. The monoisotopic (exact) mass is 295 g/mol. The van der Waals surface area contributed by atoms with Gasteiger partial charge in [0.2, 0.25) is 5.91 Å². The topological polar surface area (TPSA) is 35.6 Å². The number of likely N-dealkylation sites (tertiary alicyclic amines) is 1. The van der Waals surface area contributed by atoms with Gasteiger partial charge in [-0.1, -0.05) is 13.8 Å². The molecule has 0 atom stereocenters. The second-order valence-electron chi connectivity index (χ2n) is 7.28. The average Bonchev–Trinajstić information content (AvgIpc) is 3.28. The normalized spacial score (nSPS) is 21.0. The van der Waals surface area contributed by atoms with Crippen molar-refractivity contribution in [3.63, 3.8) is 0 Å². The van der Waals surface area contributed by atoms with Gasteiger partial charge in [-0.05, 0) is 70.6 Å². The quantitative estimate of drug-likeness (QED) is 0.743. The summed E-state index contributed by atoms with van der Waals surface area (Å²) in [5, 5.41) is 3.24. The zero-order valence-electron chi connectivity index (χ0n) is 14.1. The molecule has 4 nitrogen and oxygen atoms in total. The maximum absolute atomic E-state index is 12.6. The number of piperidine rings is 1. The molecule has 2 rings (SSSR count). The van der Waals surface area contributed by atoms with Crippen LogP contribution in [-0.2, 0) is 4.79 Å². The van der Waals surface area contributed by atoms with Crippen molar-refractivity contribution in [1.29, 1.82) is 0 Å². The molecular weight excluding hydrogens is 262 g/mol. The Morgan fingerprint density at radius 3 is 2.43 bits per heavy atom. The third-order valence-electron chi connectivity index (χ3n) is 4.74. The summed E-state index contributed by atoms with van der Waals surface area (Å²) in [5.74, 6) is 1.78. The average molecular weight is 295 g/mol. The van der Waals surface area contributed by atoms with Crippen LogP contribution in [0.1, 0.15) is 46.0 Å². The minimum atomic E-state index is 0.361. The SMILES string of the molecule is CNCCC1CCN(CC(=O)N(CC(C)C)C2CC2)CC1. The minimum absolute atomic E-state index is 0.361. The number of rotatable bonds is 8. The Morgan fingerprint density at radius 1 is 1.24 bits per heavy atom. The molecule has 2 fully saturated rings. The van der Waals surface area contributed by atoms with Crippen molar-refractivity contribution in [3.8, 4) is 0 Å². The molecule has 1 heterocycles. The maximum atomic E-state index is 12.6. The summed E-state index contributed by atoms with van der Waals surface area (Å²) in [5.41, 5.74) is 0. The van der Waals surface area contributed by atoms with Crippen molar-refractivity contribution < 1.29 is 4.79 Å². The van der Waals surface area contributed by atoms with Crippen LogP contribution in [0.25, 0.3) is 0 Å². The largest absolute Gasteiger partial charge is 0.338 e. The molecule has 0 aromatic rings. The Morgan fingerprint density at radius 2 is 1.90 bits per heavy atom. The van der Waals surface area contributed by atoms with Crippen molar-refractivity contribution in [2.75, 3.05) is 39.8 Å². The van der Waals surface area contributed by atoms with E-state index in [1.807, 2.05) is 7.05 Å². The number of amides is 1. The number of hydrogen-bond acceptors (Lipinski definition) is 3. The van der Waals surface area contributed by atoms with Gasteiger partial charge in [-0.15, -0.1) is 0 Å². The van der Waals surface area contributed by atoms with Crippen LogP contribution in [-0.4, -0.2) is 61.5 Å². The molecule has 122 valence electrons. The molecule has 0 aromatic carbocycles. The summed E-state index contributed by atoms with van der Waals surface area (Å²) in [7, 11) is 2.02. The molecule has 4 heteroatoms. The van der Waals surface area contributed by atoms with Crippen LogP contribution in [0.15, 0.2) is 0 Å². The van der Waals surface area contributed by atoms with E-state index in [1.54, 1.807) is 0 Å². The van der Waals surface area contributed by atoms with Crippen molar-refractivity contribution in [3.05, 3.63) is 0 Å². The standard InChI is InChI=1S/C17H33N3O/c1-14(2)12-20(16-4-5-16)17(21)13-19-10-7-15(8-11-19)6-9-18-3/h14-16,18H,4-13H2,1-3H3. The van der Waals surface area contributed by atoms with Crippen LogP contribution in [0.2, 0.25) is 0 Å². The van der Waals surface area contributed by atoms with Gasteiger partial charge in [0, 0.05) is 12.6 Å². The fourth-order valence-corrected chi connectivity index (χ4v) is 3.30. The van der Waals surface area contributed by atoms with E-state index in [9.17, 15) is 4.79 Å². The van der Waals surface area contributed by atoms with Gasteiger partial charge in [-0.3, -0.25) is 9.69 Å². The molecular formula is C17H33N3O. The molecule has 0 unspecified atom stereocenters. The first-order valence-electron chi connectivity index (χ1n) is 8.76. The first-order chi connectivity index (χ1) is 10.1. The van der Waals surface area contributed by atoms with E-state index in [1.165, 1.54) is 32.1 Å². The molecule has 0 spiro atoms. The van der Waals surface area contributed by atoms with Crippen LogP contribution in [0.5, 0.6) is 0 Å². The molecule has 0 aromatic heterocycles. The summed E-state index contributed by atoms with van der Waals surface area (Å²) < 4.78 is 0. The number of hydrogen-bond donors (Lipinski definition) is 1. The lowest BCUT2D eigenvalue weighted by atomic mass is 9.93. The predicted octanol–water partition coefficient (Wildman–Crippen LogP) is 1.95. The van der Waals surface area contributed by atoms with Crippen molar-refractivity contribution >= 4 is 5.91 Å². The van der Waals surface area contributed by atoms with Crippen molar-refractivity contribution in [1.82, 2.24) is 15.1 Å². The smallest absolute Gasteiger partial charge is 0.237 e. The highest BCUT2D eigenvalue weighted by molar-refractivity contribution is 5.79. The third kappa shape index (κ3) is 5.59. The third-order valence-corrected chi connectivity index (χ3v) is 4.74. The fourth-order valence-electron chi connectivity index (χ4n) is 3.30. The van der Waals surface area contributed by atoms with Crippen LogP contribution >= 0.6 is 0 Å². The number of nitrogens with zero attached hydrogens (tertiary/aromatic N) is 2. The molecule has 21 heavy (non-hydrogen) atoms. The van der Waals surface area contributed by atoms with E-state index in [0.29, 0.717) is 24.4 Å². The Kier molecular flexibility index (Phi) is 6.49. The number of carbonyl (C=O) groups excluding carboxylic acids is 1. The van der Waals surface area contributed by atoms with E-state index in [-0.39, 0.29) is 0 Å². The van der Waals surface area contributed by atoms with Gasteiger partial charge < -0.3 is 10.2 Å². The van der Waals surface area contributed by atoms with Gasteiger partial charge >= 0.3 is 0 Å². The highest BCUT2D eigenvalue weighted by Gasteiger charge is 2.33. The van der Waals surface area contributed by atoms with E-state index < -0.39 is 0 Å². The molecule has 1 saturated heterocycles. The first-order valence-corrected chi connectivity index (χ1v) is 8.76. The fraction of sp³-hybridized carbons (Fsp3) is 0.941. The van der Waals surface area contributed by atoms with Crippen LogP contribution < -0.4 is 5.32 Å². The summed E-state index contributed by atoms with van der Waals surface area (Å²) in [6.07, 6.45) is 6.21. The van der Waals surface area contributed by atoms with Gasteiger partial charge in [-0.25, -0.2) is 0 Å². The zero-order chi connectivity index (χ0) is 15.2. The van der Waals surface area contributed by atoms with Crippen molar-refractivity contribution in [2.45, 2.75) is 52.0 Å². The van der Waals surface area contributed by atoms with E-state index in [2.05, 4.69) is 29.0 Å². The first kappa shape index (κ1) is 16.8. The zero-order valence-corrected chi connectivity index (χ0v) is 14.1. The summed E-state index contributed by atoms with van der Waals surface area (Å²) in [4.78, 5) is 17.1. The van der Waals surface area contributed by atoms with Gasteiger partial charge in [-0.2, -0.15) is 0 Å². The van der Waals surface area contributed by atoms with Crippen molar-refractivity contribution in [2.24, 2.45) is 11.8 Å². The summed E-state index contributed by atoms with van der Waals surface area (Å²) >= 11 is 0. The number of carbonyl (C=O) groups is 1. The molecule has 1 saturated carbocycles. The van der Waals surface area contributed by atoms with Gasteiger partial charge in [0.05, 0.1) is 6.54 Å². The molecule has 1 aliphatic carbocycles. The highest BCUT2D eigenvalue weighted by Crippen LogP contribution is 2.28. The lowest BCUT2D eigenvalue weighted by Gasteiger charge is -2.33. The van der Waals surface area contributed by atoms with Gasteiger partial charge in [0.1, 0.15) is 0 Å². The Hall–Kier alpha value is -0.610.